The van der Waals surface area contributed by atoms with Crippen LogP contribution in [0.3, 0.4) is 0 Å². The molecule has 8 heteroatoms. The minimum absolute atomic E-state index is 0.0197. The summed E-state index contributed by atoms with van der Waals surface area (Å²) in [6.45, 7) is 29.3. The van der Waals surface area contributed by atoms with Crippen LogP contribution in [0.4, 0.5) is 34.1 Å². The standard InChI is InChI=1S/C82H106N6S2/c1-79(2,3)57-35-19-23-39-61(57)85(62-40-24-20-36-58(62)80(4,5)6)55-47-71-77-75(49-55)89-73-52-74-70(51-69(73)87(77)67-45-29-27-43-65(67)83(71)53-31-15-13-16-32-53)88-68-46-30-28-44-66(68)84(54-33-17-14-18-34-54)72-48-56(50-76(90-74)78(72)88)86(63-41-25-21-37-59(63)81(7,8)9)64-42-26-22-38-60(64)82(10,11)12/h13-26,31-42,55-56,65-78H,27-30,43-52H2,1-12H3. The van der Waals surface area contributed by atoms with Gasteiger partial charge in [-0.3, -0.25) is 9.80 Å². The van der Waals surface area contributed by atoms with Gasteiger partial charge in [0.15, 0.2) is 0 Å². The molecule has 16 unspecified atom stereocenters. The molecule has 5 aliphatic carbocycles. The Kier molecular flexibility index (Phi) is 16.0. The summed E-state index contributed by atoms with van der Waals surface area (Å²) in [6, 6.07) is 68.0. The van der Waals surface area contributed by atoms with Crippen LogP contribution in [0.1, 0.15) is 195 Å². The fourth-order valence-corrected chi connectivity index (χ4v) is 24.7. The number of hydrogen-bond acceptors (Lipinski definition) is 8. The fraction of sp³-hybridized carbons (Fsp3) is 0.561. The maximum absolute atomic E-state index is 3.41. The number of rotatable bonds is 8. The van der Waals surface area contributed by atoms with E-state index in [0.717, 1.165) is 12.8 Å². The summed E-state index contributed by atoms with van der Waals surface area (Å²) in [7, 11) is 0. The number of benzene rings is 6. The van der Waals surface area contributed by atoms with E-state index in [-0.39, 0.29) is 21.7 Å². The first kappa shape index (κ1) is 61.3. The van der Waals surface area contributed by atoms with Crippen molar-refractivity contribution in [2.75, 3.05) is 19.6 Å². The van der Waals surface area contributed by atoms with Crippen LogP contribution in [0.25, 0.3) is 0 Å². The number of piperazine rings is 2. The SMILES string of the molecule is CC(C)(C)c1ccccc1N(c1ccccc1C(C)(C)C)C1CC2SC3CC4SC5CC(N(c6ccccc6C(C)(C)C)c6ccccc6C(C)(C)C)CC6C5N(C4CC3N3C4CCCCC4N(c4ccccc4)C(C1)C23)C1CCCCC1N6c1ccccc1. The van der Waals surface area contributed by atoms with E-state index in [4.69, 9.17) is 0 Å². The van der Waals surface area contributed by atoms with Crippen LogP contribution in [0, 0.1) is 0 Å². The summed E-state index contributed by atoms with van der Waals surface area (Å²) >= 11 is 5.03. The van der Waals surface area contributed by atoms with Crippen molar-refractivity contribution in [2.24, 2.45) is 0 Å². The summed E-state index contributed by atoms with van der Waals surface area (Å²) < 4.78 is 0. The van der Waals surface area contributed by atoms with Crippen molar-refractivity contribution in [1.82, 2.24) is 9.80 Å². The predicted molar refractivity (Wildman–Crippen MR) is 387 cm³/mol. The molecular weight excluding hydrogens is 1130 g/mol. The van der Waals surface area contributed by atoms with Crippen molar-refractivity contribution in [1.29, 1.82) is 0 Å². The molecule has 15 rings (SSSR count). The van der Waals surface area contributed by atoms with E-state index in [1.54, 1.807) is 0 Å². The van der Waals surface area contributed by atoms with E-state index in [2.05, 4.69) is 294 Å². The molecule has 0 N–H and O–H groups in total. The first-order chi connectivity index (χ1) is 43.2. The van der Waals surface area contributed by atoms with E-state index >= 15 is 0 Å². The molecule has 476 valence electrons. The van der Waals surface area contributed by atoms with Crippen LogP contribution in [0.2, 0.25) is 0 Å². The summed E-state index contributed by atoms with van der Waals surface area (Å²) in [5.74, 6) is 0. The Hall–Kier alpha value is -4.86. The molecule has 0 radical (unpaired) electrons. The third-order valence-corrected chi connectivity index (χ3v) is 27.2. The Bertz CT molecular complexity index is 3160. The Balaban J connectivity index is 0.860. The lowest BCUT2D eigenvalue weighted by atomic mass is 9.70. The maximum atomic E-state index is 3.41. The van der Waals surface area contributed by atoms with Gasteiger partial charge in [0.05, 0.1) is 0 Å². The zero-order valence-electron chi connectivity index (χ0n) is 56.6. The van der Waals surface area contributed by atoms with Crippen molar-refractivity contribution in [3.63, 3.8) is 0 Å². The van der Waals surface area contributed by atoms with Crippen LogP contribution in [-0.4, -0.2) is 103 Å². The minimum Gasteiger partial charge on any atom is -0.362 e. The first-order valence-electron chi connectivity index (χ1n) is 35.7. The molecule has 4 heterocycles. The molecule has 0 spiro atoms. The number of nitrogens with zero attached hydrogens (tertiary/aromatic N) is 6. The average Bonchev–Trinajstić information content (AvgIpc) is 0.706. The van der Waals surface area contributed by atoms with Gasteiger partial charge in [0.25, 0.3) is 0 Å². The van der Waals surface area contributed by atoms with Gasteiger partial charge in [0.2, 0.25) is 0 Å². The summed E-state index contributed by atoms with van der Waals surface area (Å²) in [6.07, 6.45) is 18.0. The summed E-state index contributed by atoms with van der Waals surface area (Å²) in [4.78, 5) is 18.9. The average molecular weight is 1240 g/mol. The molecule has 4 aliphatic heterocycles. The first-order valence-corrected chi connectivity index (χ1v) is 37.6. The molecule has 0 bridgehead atoms. The number of para-hydroxylation sites is 6. The van der Waals surface area contributed by atoms with Gasteiger partial charge in [-0.15, -0.1) is 0 Å². The monoisotopic (exact) mass is 1240 g/mol. The van der Waals surface area contributed by atoms with Crippen LogP contribution in [0.15, 0.2) is 158 Å². The third kappa shape index (κ3) is 10.7. The highest BCUT2D eigenvalue weighted by atomic mass is 32.2. The molecule has 90 heavy (non-hydrogen) atoms. The van der Waals surface area contributed by atoms with Gasteiger partial charge >= 0.3 is 0 Å². The van der Waals surface area contributed by atoms with Crippen molar-refractivity contribution in [3.8, 4) is 0 Å². The van der Waals surface area contributed by atoms with E-state index in [9.17, 15) is 0 Å². The van der Waals surface area contributed by atoms with Gasteiger partial charge in [-0.1, -0.05) is 218 Å². The van der Waals surface area contributed by atoms with Gasteiger partial charge in [-0.05, 0) is 157 Å². The summed E-state index contributed by atoms with van der Waals surface area (Å²) in [5.41, 5.74) is 14.3. The lowest BCUT2D eigenvalue weighted by Crippen LogP contribution is -2.81. The van der Waals surface area contributed by atoms with Crippen molar-refractivity contribution < 1.29 is 0 Å². The highest BCUT2D eigenvalue weighted by molar-refractivity contribution is 8.01. The van der Waals surface area contributed by atoms with Crippen molar-refractivity contribution in [2.45, 2.75) is 288 Å². The van der Waals surface area contributed by atoms with Crippen LogP contribution >= 0.6 is 23.5 Å². The highest BCUT2D eigenvalue weighted by Gasteiger charge is 2.65. The normalized spacial score (nSPS) is 32.7. The molecule has 6 nitrogen and oxygen atoms in total. The second-order valence-corrected chi connectivity index (χ2v) is 36.4. The lowest BCUT2D eigenvalue weighted by molar-refractivity contribution is -0.0717. The van der Waals surface area contributed by atoms with Gasteiger partial charge in [-0.2, -0.15) is 23.5 Å². The number of fused-ring (bicyclic) bond motifs is 8. The molecular formula is C82H106N6S2. The molecule has 6 aromatic rings. The van der Waals surface area contributed by atoms with E-state index in [1.165, 1.54) is 133 Å². The van der Waals surface area contributed by atoms with E-state index in [1.807, 2.05) is 0 Å². The molecule has 6 aromatic carbocycles. The molecule has 5 saturated carbocycles. The number of thioether (sulfide) groups is 2. The Morgan fingerprint density at radius 1 is 0.300 bits per heavy atom. The van der Waals surface area contributed by atoms with Crippen LogP contribution in [0.5, 0.6) is 0 Å². The molecule has 9 aliphatic rings. The molecule has 0 aromatic heterocycles. The second kappa shape index (κ2) is 23.6. The second-order valence-electron chi connectivity index (χ2n) is 33.4. The smallest absolute Gasteiger partial charge is 0.0480 e. The van der Waals surface area contributed by atoms with Gasteiger partial charge in [-0.25, -0.2) is 0 Å². The Morgan fingerprint density at radius 3 is 0.922 bits per heavy atom. The number of anilines is 6. The van der Waals surface area contributed by atoms with Crippen molar-refractivity contribution in [3.05, 3.63) is 180 Å². The van der Waals surface area contributed by atoms with Gasteiger partial charge in [0, 0.05) is 128 Å². The Morgan fingerprint density at radius 2 is 0.600 bits per heavy atom. The maximum Gasteiger partial charge on any atom is 0.0480 e. The molecule has 16 atom stereocenters. The van der Waals surface area contributed by atoms with Crippen LogP contribution in [-0.2, 0) is 21.7 Å². The van der Waals surface area contributed by atoms with E-state index < -0.39 is 0 Å². The highest BCUT2D eigenvalue weighted by Crippen LogP contribution is 2.61. The quantitative estimate of drug-likeness (QED) is 0.148. The van der Waals surface area contributed by atoms with E-state index in [0.29, 0.717) is 93.5 Å². The zero-order valence-corrected chi connectivity index (χ0v) is 58.3. The molecule has 4 saturated heterocycles. The molecule has 0 amide bonds. The number of hydrogen-bond donors (Lipinski definition) is 0. The topological polar surface area (TPSA) is 19.4 Å². The van der Waals surface area contributed by atoms with Gasteiger partial charge in [0.1, 0.15) is 0 Å². The summed E-state index contributed by atoms with van der Waals surface area (Å²) in [5, 5.41) is 2.26. The zero-order chi connectivity index (χ0) is 62.2. The van der Waals surface area contributed by atoms with Crippen molar-refractivity contribution >= 4 is 57.6 Å². The van der Waals surface area contributed by atoms with Crippen LogP contribution < -0.4 is 19.6 Å². The minimum atomic E-state index is -0.0197. The third-order valence-electron chi connectivity index (χ3n) is 23.9. The predicted octanol–water partition coefficient (Wildman–Crippen LogP) is 19.4. The fourth-order valence-electron chi connectivity index (χ4n) is 20.5. The Labute approximate surface area is 551 Å². The molecule has 9 fully saturated rings. The van der Waals surface area contributed by atoms with Gasteiger partial charge < -0.3 is 19.6 Å². The lowest BCUT2D eigenvalue weighted by Gasteiger charge is -2.71. The largest absolute Gasteiger partial charge is 0.362 e.